The predicted octanol–water partition coefficient (Wildman–Crippen LogP) is 1.33. The van der Waals surface area contributed by atoms with Crippen LogP contribution in [-0.4, -0.2) is 34.7 Å². The van der Waals surface area contributed by atoms with Gasteiger partial charge >= 0.3 is 5.97 Å². The van der Waals surface area contributed by atoms with Crippen molar-refractivity contribution >= 4 is 40.3 Å². The van der Waals surface area contributed by atoms with E-state index < -0.39 is 17.9 Å². The van der Waals surface area contributed by atoms with E-state index >= 15 is 0 Å². The zero-order valence-corrected chi connectivity index (χ0v) is 13.9. The van der Waals surface area contributed by atoms with Crippen LogP contribution in [0.3, 0.4) is 0 Å². The van der Waals surface area contributed by atoms with Gasteiger partial charge in [0.1, 0.15) is 11.8 Å². The van der Waals surface area contributed by atoms with Crippen LogP contribution < -0.4 is 15.4 Å². The Morgan fingerprint density at radius 2 is 1.65 bits per heavy atom. The first-order chi connectivity index (χ1) is 10.8. The van der Waals surface area contributed by atoms with Crippen LogP contribution in [0.1, 0.15) is 20.8 Å². The molecule has 1 aromatic carbocycles. The Balaban J connectivity index is 2.70. The lowest BCUT2D eigenvalue weighted by Gasteiger charge is -2.15. The summed E-state index contributed by atoms with van der Waals surface area (Å²) in [5.74, 6) is -0.898. The van der Waals surface area contributed by atoms with Crippen molar-refractivity contribution in [3.63, 3.8) is 0 Å². The summed E-state index contributed by atoms with van der Waals surface area (Å²) >= 11 is 0.928. The minimum absolute atomic E-state index is 0.0950. The van der Waals surface area contributed by atoms with Crippen molar-refractivity contribution in [2.24, 2.45) is 0 Å². The van der Waals surface area contributed by atoms with Gasteiger partial charge in [0.15, 0.2) is 5.12 Å². The van der Waals surface area contributed by atoms with Gasteiger partial charge in [-0.15, -0.1) is 0 Å². The molecule has 0 heterocycles. The van der Waals surface area contributed by atoms with Gasteiger partial charge in [-0.1, -0.05) is 11.8 Å². The number of rotatable bonds is 6. The van der Waals surface area contributed by atoms with Crippen LogP contribution in [-0.2, 0) is 19.2 Å². The first-order valence-electron chi connectivity index (χ1n) is 6.77. The molecule has 1 atom stereocenters. The number of amides is 2. The van der Waals surface area contributed by atoms with Crippen LogP contribution in [0.15, 0.2) is 24.3 Å². The van der Waals surface area contributed by atoms with Gasteiger partial charge in [0.2, 0.25) is 11.8 Å². The van der Waals surface area contributed by atoms with E-state index in [0.29, 0.717) is 5.69 Å². The number of anilines is 1. The summed E-state index contributed by atoms with van der Waals surface area (Å²) < 4.78 is 5.18. The zero-order chi connectivity index (χ0) is 17.4. The molecule has 8 heteroatoms. The number of hydrogen-bond acceptors (Lipinski definition) is 6. The molecule has 0 bridgehead atoms. The molecule has 0 aromatic heterocycles. The number of carbonyl (C=O) groups excluding carboxylic acids is 4. The lowest BCUT2D eigenvalue weighted by molar-refractivity contribution is -0.138. The van der Waals surface area contributed by atoms with Crippen molar-refractivity contribution in [1.29, 1.82) is 0 Å². The quantitative estimate of drug-likeness (QED) is 0.599. The molecule has 124 valence electrons. The van der Waals surface area contributed by atoms with Gasteiger partial charge < -0.3 is 15.4 Å². The first kappa shape index (κ1) is 18.7. The van der Waals surface area contributed by atoms with Gasteiger partial charge in [0.05, 0.1) is 0 Å². The van der Waals surface area contributed by atoms with Gasteiger partial charge in [-0.05, 0) is 24.3 Å². The molecule has 0 saturated carbocycles. The van der Waals surface area contributed by atoms with E-state index in [4.69, 9.17) is 4.74 Å². The lowest BCUT2D eigenvalue weighted by atomic mass is 10.3. The summed E-state index contributed by atoms with van der Waals surface area (Å²) in [5.41, 5.74) is 0.572. The molecule has 0 spiro atoms. The smallest absolute Gasteiger partial charge is 0.334 e. The van der Waals surface area contributed by atoms with Crippen molar-refractivity contribution in [3.05, 3.63) is 24.3 Å². The summed E-state index contributed by atoms with van der Waals surface area (Å²) in [7, 11) is 0. The maximum Gasteiger partial charge on any atom is 0.334 e. The van der Waals surface area contributed by atoms with Crippen LogP contribution in [0.4, 0.5) is 5.69 Å². The Bertz CT molecular complexity index is 600. The van der Waals surface area contributed by atoms with Crippen LogP contribution in [0, 0.1) is 0 Å². The number of thioether (sulfide) groups is 1. The highest BCUT2D eigenvalue weighted by molar-refractivity contribution is 8.13. The topological polar surface area (TPSA) is 102 Å². The van der Waals surface area contributed by atoms with E-state index in [0.717, 1.165) is 11.8 Å². The van der Waals surface area contributed by atoms with E-state index in [9.17, 15) is 19.2 Å². The van der Waals surface area contributed by atoms with Crippen LogP contribution in [0.25, 0.3) is 0 Å². The molecule has 0 saturated heterocycles. The Morgan fingerprint density at radius 1 is 1.04 bits per heavy atom. The lowest BCUT2D eigenvalue weighted by Crippen LogP contribution is -2.44. The molecular weight excluding hydrogens is 320 g/mol. The van der Waals surface area contributed by atoms with Gasteiger partial charge in [0, 0.05) is 32.2 Å². The second-order valence-corrected chi connectivity index (χ2v) is 5.88. The molecule has 0 aliphatic rings. The Labute approximate surface area is 138 Å². The highest BCUT2D eigenvalue weighted by Crippen LogP contribution is 2.17. The number of nitrogens with one attached hydrogen (secondary N) is 2. The monoisotopic (exact) mass is 338 g/mol. The van der Waals surface area contributed by atoms with Crippen LogP contribution in [0.5, 0.6) is 5.75 Å². The van der Waals surface area contributed by atoms with Crippen LogP contribution >= 0.6 is 11.8 Å². The largest absolute Gasteiger partial charge is 0.425 e. The van der Waals surface area contributed by atoms with Crippen LogP contribution in [0.2, 0.25) is 0 Å². The minimum Gasteiger partial charge on any atom is -0.425 e. The van der Waals surface area contributed by atoms with Gasteiger partial charge in [-0.25, -0.2) is 4.79 Å². The third-order valence-electron chi connectivity index (χ3n) is 2.51. The average molecular weight is 338 g/mol. The summed E-state index contributed by atoms with van der Waals surface area (Å²) in [6, 6.07) is 5.29. The van der Waals surface area contributed by atoms with Crippen molar-refractivity contribution in [2.45, 2.75) is 26.8 Å². The van der Waals surface area contributed by atoms with Crippen molar-refractivity contribution in [2.75, 3.05) is 11.1 Å². The number of ether oxygens (including phenoxy) is 1. The van der Waals surface area contributed by atoms with Gasteiger partial charge in [0.25, 0.3) is 0 Å². The molecule has 2 N–H and O–H groups in total. The fraction of sp³-hybridized carbons (Fsp3) is 0.333. The molecule has 23 heavy (non-hydrogen) atoms. The van der Waals surface area contributed by atoms with E-state index in [1.165, 1.54) is 32.9 Å². The standard InChI is InChI=1S/C15H18N2O5S/c1-9(18)16-12-4-6-13(7-5-12)22-15(21)14(17-10(2)19)8-23-11(3)20/h4-7,14H,8H2,1-3H3,(H,16,18)(H,17,19)/t14-/m1/s1. The maximum atomic E-state index is 12.1. The molecule has 0 fully saturated rings. The van der Waals surface area contributed by atoms with E-state index in [2.05, 4.69) is 10.6 Å². The Kier molecular flexibility index (Phi) is 7.27. The number of carbonyl (C=O) groups is 4. The maximum absolute atomic E-state index is 12.1. The number of benzene rings is 1. The molecule has 2 amide bonds. The molecule has 7 nitrogen and oxygen atoms in total. The average Bonchev–Trinajstić information content (AvgIpc) is 2.44. The fourth-order valence-corrected chi connectivity index (χ4v) is 2.23. The molecule has 1 rings (SSSR count). The first-order valence-corrected chi connectivity index (χ1v) is 7.76. The summed E-state index contributed by atoms with van der Waals surface area (Å²) in [4.78, 5) is 45.2. The molecule has 0 radical (unpaired) electrons. The minimum atomic E-state index is -0.920. The second kappa shape index (κ2) is 8.94. The van der Waals surface area contributed by atoms with Crippen molar-refractivity contribution < 1.29 is 23.9 Å². The second-order valence-electron chi connectivity index (χ2n) is 4.68. The molecule has 0 aliphatic carbocycles. The normalized spacial score (nSPS) is 11.3. The van der Waals surface area contributed by atoms with E-state index in [-0.39, 0.29) is 22.5 Å². The predicted molar refractivity (Wildman–Crippen MR) is 87.1 cm³/mol. The molecular formula is C15H18N2O5S. The third-order valence-corrected chi connectivity index (χ3v) is 3.41. The zero-order valence-electron chi connectivity index (χ0n) is 13.0. The highest BCUT2D eigenvalue weighted by atomic mass is 32.2. The number of hydrogen-bond donors (Lipinski definition) is 2. The summed E-state index contributed by atoms with van der Waals surface area (Å²) in [6.07, 6.45) is 0. The Morgan fingerprint density at radius 3 is 2.13 bits per heavy atom. The fourth-order valence-electron chi connectivity index (χ4n) is 1.61. The van der Waals surface area contributed by atoms with Crippen molar-refractivity contribution in [3.8, 4) is 5.75 Å². The molecule has 0 unspecified atom stereocenters. The molecule has 1 aromatic rings. The third kappa shape index (κ3) is 7.46. The van der Waals surface area contributed by atoms with E-state index in [1.54, 1.807) is 12.1 Å². The SMILES string of the molecule is CC(=O)Nc1ccc(OC(=O)[C@@H](CSC(C)=O)NC(C)=O)cc1. The number of esters is 1. The van der Waals surface area contributed by atoms with Gasteiger partial charge in [-0.2, -0.15) is 0 Å². The van der Waals surface area contributed by atoms with Gasteiger partial charge in [-0.3, -0.25) is 14.4 Å². The highest BCUT2D eigenvalue weighted by Gasteiger charge is 2.22. The molecule has 0 aliphatic heterocycles. The summed E-state index contributed by atoms with van der Waals surface area (Å²) in [6.45, 7) is 4.04. The Hall–Kier alpha value is -2.35. The van der Waals surface area contributed by atoms with Crippen molar-refractivity contribution in [1.82, 2.24) is 5.32 Å². The summed E-state index contributed by atoms with van der Waals surface area (Å²) in [5, 5.41) is 4.88. The van der Waals surface area contributed by atoms with E-state index in [1.807, 2.05) is 0 Å².